The van der Waals surface area contributed by atoms with E-state index >= 15 is 0 Å². The van der Waals surface area contributed by atoms with Crippen LogP contribution in [0, 0.1) is 0 Å². The van der Waals surface area contributed by atoms with Gasteiger partial charge in [-0.3, -0.25) is 4.79 Å². The summed E-state index contributed by atoms with van der Waals surface area (Å²) < 4.78 is 0. The molecule has 0 saturated heterocycles. The van der Waals surface area contributed by atoms with Crippen LogP contribution in [-0.2, 0) is 4.79 Å². The Labute approximate surface area is 89.5 Å². The molecule has 0 amide bonds. The number of carboxylic acid groups (broad SMARTS) is 1. The van der Waals surface area contributed by atoms with Gasteiger partial charge in [0.2, 0.25) is 0 Å². The molecule has 4 heteroatoms. The zero-order valence-electron chi connectivity index (χ0n) is 2.76. The summed E-state index contributed by atoms with van der Waals surface area (Å²) in [6.07, 6.45) is 0. The van der Waals surface area contributed by atoms with Crippen molar-refractivity contribution in [2.45, 2.75) is 6.92 Å². The van der Waals surface area contributed by atoms with Gasteiger partial charge in [-0.2, -0.15) is 0 Å². The summed E-state index contributed by atoms with van der Waals surface area (Å²) in [5, 5.41) is 7.42. The third-order valence-electron chi connectivity index (χ3n) is 0. The summed E-state index contributed by atoms with van der Waals surface area (Å²) in [6.45, 7) is 1.08. The van der Waals surface area contributed by atoms with Gasteiger partial charge < -0.3 is 5.11 Å². The van der Waals surface area contributed by atoms with E-state index in [1.165, 1.54) is 0 Å². The third-order valence-corrected chi connectivity index (χ3v) is 0. The van der Waals surface area contributed by atoms with Crippen molar-refractivity contribution in [3.63, 3.8) is 0 Å². The molecule has 0 fully saturated rings. The normalized spacial score (nSPS) is 4.17. The first-order valence-corrected chi connectivity index (χ1v) is 0.928. The van der Waals surface area contributed by atoms with Crippen molar-refractivity contribution in [2.24, 2.45) is 0 Å². The summed E-state index contributed by atoms with van der Waals surface area (Å²) in [5.41, 5.74) is 0. The first kappa shape index (κ1) is 15.6. The summed E-state index contributed by atoms with van der Waals surface area (Å²) in [7, 11) is 0. The zero-order chi connectivity index (χ0) is 3.58. The van der Waals surface area contributed by atoms with Crippen LogP contribution in [0.2, 0.25) is 0 Å². The predicted octanol–water partition coefficient (Wildman–Crippen LogP) is 0.0203. The van der Waals surface area contributed by atoms with E-state index in [-0.39, 0.29) is 68.4 Å². The van der Waals surface area contributed by atoms with Crippen LogP contribution in [0.3, 0.4) is 0 Å². The standard InChI is InChI=1S/C2H4O2.BrH.K.H/c1-2(3)4;;;/h1H3,(H,3,4);1H;;. The molecule has 0 bridgehead atoms. The average molecular weight is 181 g/mol. The van der Waals surface area contributed by atoms with E-state index in [0.717, 1.165) is 6.92 Å². The maximum absolute atomic E-state index is 9.00. The predicted molar refractivity (Wildman–Crippen MR) is 30.8 cm³/mol. The number of rotatable bonds is 0. The second-order valence-electron chi connectivity index (χ2n) is 0.519. The SMILES string of the molecule is Br.CC(=O)O.[KH]. The van der Waals surface area contributed by atoms with E-state index in [4.69, 9.17) is 9.90 Å². The van der Waals surface area contributed by atoms with Crippen molar-refractivity contribution in [1.82, 2.24) is 0 Å². The molecular weight excluding hydrogens is 175 g/mol. The molecule has 0 heterocycles. The van der Waals surface area contributed by atoms with Gasteiger partial charge in [0.25, 0.3) is 5.97 Å². The molecule has 0 aromatic carbocycles. The summed E-state index contributed by atoms with van der Waals surface area (Å²) >= 11 is 0. The van der Waals surface area contributed by atoms with Crippen molar-refractivity contribution in [2.75, 3.05) is 0 Å². The van der Waals surface area contributed by atoms with Crippen LogP contribution in [-0.4, -0.2) is 62.5 Å². The summed E-state index contributed by atoms with van der Waals surface area (Å²) in [4.78, 5) is 9.00. The van der Waals surface area contributed by atoms with Gasteiger partial charge in [0.1, 0.15) is 0 Å². The van der Waals surface area contributed by atoms with Gasteiger partial charge in [-0.05, 0) is 0 Å². The van der Waals surface area contributed by atoms with E-state index < -0.39 is 5.97 Å². The zero-order valence-corrected chi connectivity index (χ0v) is 4.48. The second-order valence-corrected chi connectivity index (χ2v) is 0.519. The molecule has 0 rings (SSSR count). The molecule has 0 aliphatic rings. The van der Waals surface area contributed by atoms with E-state index in [1.54, 1.807) is 0 Å². The molecule has 2 nitrogen and oxygen atoms in total. The van der Waals surface area contributed by atoms with Crippen molar-refractivity contribution in [1.29, 1.82) is 0 Å². The fourth-order valence-corrected chi connectivity index (χ4v) is 0. The quantitative estimate of drug-likeness (QED) is 0.535. The van der Waals surface area contributed by atoms with Crippen molar-refractivity contribution in [3.05, 3.63) is 0 Å². The molecule has 0 aromatic rings. The molecule has 0 aromatic heterocycles. The fourth-order valence-electron chi connectivity index (χ4n) is 0. The number of halogens is 1. The Hall–Kier alpha value is 1.59. The summed E-state index contributed by atoms with van der Waals surface area (Å²) in [6, 6.07) is 0. The third kappa shape index (κ3) is 46.7. The van der Waals surface area contributed by atoms with Crippen molar-refractivity contribution < 1.29 is 9.90 Å². The Kier molecular flexibility index (Phi) is 25.5. The van der Waals surface area contributed by atoms with Crippen LogP contribution in [0.4, 0.5) is 0 Å². The fraction of sp³-hybridized carbons (Fsp3) is 0.500. The molecule has 0 spiro atoms. The van der Waals surface area contributed by atoms with E-state index in [2.05, 4.69) is 0 Å². The molecular formula is C2H6BrKO2. The van der Waals surface area contributed by atoms with Gasteiger partial charge in [0.05, 0.1) is 0 Å². The van der Waals surface area contributed by atoms with Gasteiger partial charge >= 0.3 is 51.4 Å². The van der Waals surface area contributed by atoms with E-state index in [0.29, 0.717) is 0 Å². The minimum absolute atomic E-state index is 0. The molecule has 6 heavy (non-hydrogen) atoms. The van der Waals surface area contributed by atoms with Crippen LogP contribution >= 0.6 is 17.0 Å². The van der Waals surface area contributed by atoms with Gasteiger partial charge in [0, 0.05) is 6.92 Å². The molecule has 34 valence electrons. The number of hydrogen-bond acceptors (Lipinski definition) is 1. The van der Waals surface area contributed by atoms with Gasteiger partial charge in [0.15, 0.2) is 0 Å². The Bertz CT molecular complexity index is 34.5. The summed E-state index contributed by atoms with van der Waals surface area (Å²) in [5.74, 6) is -0.833. The monoisotopic (exact) mass is 180 g/mol. The van der Waals surface area contributed by atoms with Crippen LogP contribution in [0.5, 0.6) is 0 Å². The maximum atomic E-state index is 9.00. The Balaban J connectivity index is -0.0000000450. The topological polar surface area (TPSA) is 37.3 Å². The van der Waals surface area contributed by atoms with Crippen molar-refractivity contribution >= 4 is 74.3 Å². The van der Waals surface area contributed by atoms with Crippen LogP contribution in [0.15, 0.2) is 0 Å². The number of aliphatic carboxylic acids is 1. The first-order valence-electron chi connectivity index (χ1n) is 0.928. The molecule has 0 unspecified atom stereocenters. The Morgan fingerprint density at radius 1 is 1.67 bits per heavy atom. The molecule has 0 aliphatic carbocycles. The van der Waals surface area contributed by atoms with E-state index in [1.807, 2.05) is 0 Å². The molecule has 0 atom stereocenters. The van der Waals surface area contributed by atoms with Crippen molar-refractivity contribution in [3.8, 4) is 0 Å². The first-order chi connectivity index (χ1) is 1.73. The Morgan fingerprint density at radius 2 is 1.67 bits per heavy atom. The number of carboxylic acids is 1. The van der Waals surface area contributed by atoms with E-state index in [9.17, 15) is 0 Å². The van der Waals surface area contributed by atoms with Gasteiger partial charge in [-0.15, -0.1) is 17.0 Å². The number of carbonyl (C=O) groups is 1. The van der Waals surface area contributed by atoms with Gasteiger partial charge in [-0.1, -0.05) is 0 Å². The second kappa shape index (κ2) is 9.77. The molecule has 0 aliphatic heterocycles. The molecule has 0 radical (unpaired) electrons. The molecule has 1 N–H and O–H groups in total. The average Bonchev–Trinajstić information content (AvgIpc) is 0.811. The van der Waals surface area contributed by atoms with Crippen LogP contribution < -0.4 is 0 Å². The van der Waals surface area contributed by atoms with Crippen LogP contribution in [0.1, 0.15) is 6.92 Å². The van der Waals surface area contributed by atoms with Crippen LogP contribution in [0.25, 0.3) is 0 Å². The minimum atomic E-state index is -0.833. The molecule has 0 saturated carbocycles. The number of hydrogen-bond donors (Lipinski definition) is 1. The van der Waals surface area contributed by atoms with Gasteiger partial charge in [-0.25, -0.2) is 0 Å². The Morgan fingerprint density at radius 3 is 1.67 bits per heavy atom.